The van der Waals surface area contributed by atoms with E-state index >= 15 is 0 Å². The standard InChI is InChI=1S/C47H56N4O5/c1-7-9-11-13-15-17-23-50-38-21-19-31(44(53)54)25-36(38)46(3,4)40(50)27-34-42(33(29-48)30-49)35(43(34)52)28-41-47(5,6)37-26-32(45(55)56)20-22-39(37)51(41)24-18-16-14-12-10-8-2/h19-22,25-28,48H,7-18,23-24H2,1-6H3,(H-,53,54,55,56)/p+1. The van der Waals surface area contributed by atoms with Gasteiger partial charge in [-0.3, -0.25) is 10.2 Å². The fourth-order valence-corrected chi connectivity index (χ4v) is 8.54. The number of allylic oxidation sites excluding steroid dienone is 7. The maximum absolute atomic E-state index is 14.5. The molecule has 3 aliphatic rings. The number of nitrogens with zero attached hydrogens (tertiary/aromatic N) is 3. The average Bonchev–Trinajstić information content (AvgIpc) is 3.51. The van der Waals surface area contributed by atoms with Crippen LogP contribution in [-0.4, -0.2) is 57.2 Å². The Bertz CT molecular complexity index is 2130. The van der Waals surface area contributed by atoms with E-state index in [1.807, 2.05) is 52.0 Å². The maximum atomic E-state index is 14.5. The number of unbranched alkanes of at least 4 members (excludes halogenated alkanes) is 10. The minimum atomic E-state index is -1.01. The lowest BCUT2D eigenvalue weighted by Gasteiger charge is -2.30. The molecule has 5 rings (SSSR count). The molecule has 2 aromatic carbocycles. The Morgan fingerprint density at radius 3 is 1.96 bits per heavy atom. The van der Waals surface area contributed by atoms with E-state index in [-0.39, 0.29) is 22.5 Å². The second kappa shape index (κ2) is 17.6. The molecule has 0 atom stereocenters. The Morgan fingerprint density at radius 1 is 0.804 bits per heavy atom. The fourth-order valence-electron chi connectivity index (χ4n) is 8.54. The minimum absolute atomic E-state index is 0.0452. The van der Waals surface area contributed by atoms with Gasteiger partial charge in [0.15, 0.2) is 11.5 Å². The summed E-state index contributed by atoms with van der Waals surface area (Å²) in [6.07, 6.45) is 16.9. The van der Waals surface area contributed by atoms with E-state index in [2.05, 4.69) is 35.3 Å². The molecule has 2 aliphatic heterocycles. The molecule has 0 radical (unpaired) electrons. The van der Waals surface area contributed by atoms with Crippen LogP contribution in [-0.2, 0) is 15.6 Å². The Hall–Kier alpha value is -5.32. The van der Waals surface area contributed by atoms with Gasteiger partial charge in [-0.2, -0.15) is 9.84 Å². The van der Waals surface area contributed by atoms with Crippen LogP contribution in [0, 0.1) is 16.7 Å². The first kappa shape index (κ1) is 41.8. The van der Waals surface area contributed by atoms with Gasteiger partial charge in [-0.05, 0) is 74.5 Å². The SMILES string of the molecule is CCCCCCCCN1/C(=C/C2=C(C(=C=N)C#N)C(=C/C3=[N+](CCCCCCCC)c4ccc(C(=O)O)cc4C3(C)C)/C2=O)C(C)(C)c2cc(C(=O)O)ccc21. The minimum Gasteiger partial charge on any atom is -0.478 e. The maximum Gasteiger partial charge on any atom is 0.335 e. The van der Waals surface area contributed by atoms with Crippen molar-refractivity contribution in [3.8, 4) is 6.07 Å². The van der Waals surface area contributed by atoms with E-state index in [0.29, 0.717) is 29.8 Å². The Kier molecular flexibility index (Phi) is 13.2. The number of ketones is 1. The zero-order valence-corrected chi connectivity index (χ0v) is 34.0. The number of fused-ring (bicyclic) bond motifs is 2. The van der Waals surface area contributed by atoms with Gasteiger partial charge in [0.1, 0.15) is 18.2 Å². The zero-order valence-electron chi connectivity index (χ0n) is 34.0. The van der Waals surface area contributed by atoms with Crippen molar-refractivity contribution in [2.75, 3.05) is 18.0 Å². The lowest BCUT2D eigenvalue weighted by atomic mass is 9.73. The molecule has 9 nitrogen and oxygen atoms in total. The Balaban J connectivity index is 1.63. The van der Waals surface area contributed by atoms with Gasteiger partial charge in [-0.1, -0.05) is 85.5 Å². The number of nitrogens with one attached hydrogen (secondary N) is 1. The lowest BCUT2D eigenvalue weighted by Crippen LogP contribution is -2.33. The van der Waals surface area contributed by atoms with E-state index in [9.17, 15) is 29.9 Å². The van der Waals surface area contributed by atoms with Crippen LogP contribution in [0.2, 0.25) is 0 Å². The van der Waals surface area contributed by atoms with Crippen LogP contribution in [0.3, 0.4) is 0 Å². The Morgan fingerprint density at radius 2 is 1.38 bits per heavy atom. The molecule has 56 heavy (non-hydrogen) atoms. The van der Waals surface area contributed by atoms with Gasteiger partial charge in [0.25, 0.3) is 0 Å². The van der Waals surface area contributed by atoms with Gasteiger partial charge < -0.3 is 15.1 Å². The number of carbonyl (C=O) groups is 3. The smallest absolute Gasteiger partial charge is 0.335 e. The summed E-state index contributed by atoms with van der Waals surface area (Å²) in [6, 6.07) is 12.5. The monoisotopic (exact) mass is 757 g/mol. The van der Waals surface area contributed by atoms with Crippen LogP contribution >= 0.6 is 0 Å². The van der Waals surface area contributed by atoms with Crippen LogP contribution < -0.4 is 4.90 Å². The molecule has 1 aliphatic carbocycles. The summed E-state index contributed by atoms with van der Waals surface area (Å²) >= 11 is 0. The topological polar surface area (TPSA) is 146 Å². The van der Waals surface area contributed by atoms with Gasteiger partial charge in [0.05, 0.1) is 16.5 Å². The van der Waals surface area contributed by atoms with Crippen molar-refractivity contribution in [2.45, 2.75) is 129 Å². The summed E-state index contributed by atoms with van der Waals surface area (Å²) in [5.41, 5.74) is 5.19. The molecule has 2 aromatic rings. The van der Waals surface area contributed by atoms with E-state index in [4.69, 9.17) is 5.41 Å². The number of nitriles is 1. The van der Waals surface area contributed by atoms with Gasteiger partial charge in [0.2, 0.25) is 5.69 Å². The first-order valence-electron chi connectivity index (χ1n) is 20.4. The van der Waals surface area contributed by atoms with Gasteiger partial charge >= 0.3 is 11.9 Å². The highest BCUT2D eigenvalue weighted by atomic mass is 16.4. The molecule has 0 saturated carbocycles. The van der Waals surface area contributed by atoms with Crippen molar-refractivity contribution in [3.05, 3.63) is 98.8 Å². The number of aromatic carboxylic acids is 2. The molecule has 0 fully saturated rings. The molecular formula is C47H57N4O5+. The summed E-state index contributed by atoms with van der Waals surface area (Å²) in [5.74, 6) is 0.0299. The highest BCUT2D eigenvalue weighted by Gasteiger charge is 2.48. The third-order valence-corrected chi connectivity index (χ3v) is 11.8. The number of benzene rings is 2. The van der Waals surface area contributed by atoms with Crippen LogP contribution in [0.4, 0.5) is 11.4 Å². The molecule has 0 spiro atoms. The second-order valence-electron chi connectivity index (χ2n) is 16.4. The largest absolute Gasteiger partial charge is 0.478 e. The van der Waals surface area contributed by atoms with Crippen molar-refractivity contribution in [1.29, 1.82) is 10.7 Å². The highest BCUT2D eigenvalue weighted by Crippen LogP contribution is 2.50. The molecule has 0 bridgehead atoms. The number of hydrogen-bond donors (Lipinski definition) is 3. The number of carboxylic acid groups (broad SMARTS) is 2. The van der Waals surface area contributed by atoms with Crippen LogP contribution in [0.5, 0.6) is 0 Å². The normalized spacial score (nSPS) is 17.9. The average molecular weight is 758 g/mol. The van der Waals surface area contributed by atoms with E-state index < -0.39 is 22.8 Å². The molecule has 2 heterocycles. The number of Topliss-reactive ketones (excluding diaryl/α,β-unsaturated/α-hetero) is 1. The lowest BCUT2D eigenvalue weighted by molar-refractivity contribution is -0.438. The number of carbonyl (C=O) groups excluding carboxylic acids is 1. The predicted molar refractivity (Wildman–Crippen MR) is 222 cm³/mol. The fraction of sp³-hybridized carbons (Fsp3) is 0.468. The van der Waals surface area contributed by atoms with Crippen LogP contribution in [0.1, 0.15) is 150 Å². The summed E-state index contributed by atoms with van der Waals surface area (Å²) in [5, 5.41) is 38.1. The van der Waals surface area contributed by atoms with Gasteiger partial charge in [-0.25, -0.2) is 9.59 Å². The quantitative estimate of drug-likeness (QED) is 0.0425. The number of hydrogen-bond acceptors (Lipinski definition) is 6. The van der Waals surface area contributed by atoms with E-state index in [1.54, 1.807) is 24.3 Å². The molecule has 9 heteroatoms. The summed E-state index contributed by atoms with van der Waals surface area (Å²) < 4.78 is 2.19. The van der Waals surface area contributed by atoms with E-state index in [0.717, 1.165) is 85.3 Å². The molecule has 0 saturated heterocycles. The molecule has 0 unspecified atom stereocenters. The van der Waals surface area contributed by atoms with Gasteiger partial charge in [0, 0.05) is 64.2 Å². The first-order chi connectivity index (χ1) is 26.7. The predicted octanol–water partition coefficient (Wildman–Crippen LogP) is 10.4. The molecule has 3 N–H and O–H groups in total. The number of anilines is 1. The van der Waals surface area contributed by atoms with Crippen molar-refractivity contribution in [3.63, 3.8) is 0 Å². The third-order valence-electron chi connectivity index (χ3n) is 11.8. The van der Waals surface area contributed by atoms with Crippen LogP contribution in [0.25, 0.3) is 0 Å². The molecule has 0 amide bonds. The number of carboxylic acids is 2. The summed E-state index contributed by atoms with van der Waals surface area (Å²) in [7, 11) is 0. The van der Waals surface area contributed by atoms with Crippen molar-refractivity contribution in [2.24, 2.45) is 0 Å². The van der Waals surface area contributed by atoms with Crippen LogP contribution in [0.15, 0.2) is 76.5 Å². The zero-order chi connectivity index (χ0) is 40.8. The number of rotatable bonds is 19. The summed E-state index contributed by atoms with van der Waals surface area (Å²) in [6.45, 7) is 13.9. The highest BCUT2D eigenvalue weighted by molar-refractivity contribution is 6.27. The second-order valence-corrected chi connectivity index (χ2v) is 16.4. The molecular weight excluding hydrogens is 701 g/mol. The van der Waals surface area contributed by atoms with Crippen molar-refractivity contribution >= 4 is 40.7 Å². The molecule has 294 valence electrons. The van der Waals surface area contributed by atoms with Crippen molar-refractivity contribution in [1.82, 2.24) is 0 Å². The van der Waals surface area contributed by atoms with Crippen molar-refractivity contribution < 1.29 is 29.2 Å². The molecule has 0 aromatic heterocycles. The summed E-state index contributed by atoms with van der Waals surface area (Å²) in [4.78, 5) is 40.7. The first-order valence-corrected chi connectivity index (χ1v) is 20.4. The third kappa shape index (κ3) is 8.13. The van der Waals surface area contributed by atoms with E-state index in [1.165, 1.54) is 25.7 Å². The van der Waals surface area contributed by atoms with Gasteiger partial charge in [-0.15, -0.1) is 0 Å². The Labute approximate surface area is 332 Å².